The average Bonchev–Trinajstić information content (AvgIpc) is 3.41. The van der Waals surface area contributed by atoms with Gasteiger partial charge in [0, 0.05) is 48.9 Å². The van der Waals surface area contributed by atoms with Crippen molar-refractivity contribution in [2.75, 3.05) is 31.1 Å². The Hall–Kier alpha value is -4.36. The Morgan fingerprint density at radius 1 is 1.11 bits per heavy atom. The molecule has 38 heavy (non-hydrogen) atoms. The molecule has 0 spiro atoms. The van der Waals surface area contributed by atoms with Gasteiger partial charge in [0.2, 0.25) is 0 Å². The number of carbonyl (C=O) groups excluding carboxylic acids is 1. The van der Waals surface area contributed by atoms with Crippen LogP contribution in [0.4, 0.5) is 11.4 Å². The first-order chi connectivity index (χ1) is 18.3. The first-order valence-corrected chi connectivity index (χ1v) is 12.9. The molecule has 9 nitrogen and oxygen atoms in total. The Balaban J connectivity index is 1.30. The summed E-state index contributed by atoms with van der Waals surface area (Å²) in [6, 6.07) is 17.5. The van der Waals surface area contributed by atoms with E-state index in [4.69, 9.17) is 9.84 Å². The SMILES string of the molecule is CC#CC(CC(=O)O)c1ccc(OCc2ccc(C(=O)N3CCN(c4cccc([N+](=O)[O-])c4)CC3)s2)cc1. The number of carboxylic acids is 1. The van der Waals surface area contributed by atoms with Gasteiger partial charge in [-0.15, -0.1) is 17.3 Å². The van der Waals surface area contributed by atoms with Crippen LogP contribution in [0.15, 0.2) is 60.7 Å². The summed E-state index contributed by atoms with van der Waals surface area (Å²) in [7, 11) is 0. The molecular formula is C28H27N3O6S. The maximum Gasteiger partial charge on any atom is 0.304 e. The highest BCUT2D eigenvalue weighted by Crippen LogP contribution is 2.26. The second-order valence-corrected chi connectivity index (χ2v) is 9.89. The highest BCUT2D eigenvalue weighted by molar-refractivity contribution is 7.14. The molecule has 1 unspecified atom stereocenters. The molecule has 0 bridgehead atoms. The normalized spacial score (nSPS) is 13.8. The molecule has 0 radical (unpaired) electrons. The lowest BCUT2D eigenvalue weighted by molar-refractivity contribution is -0.384. The second kappa shape index (κ2) is 12.3. The summed E-state index contributed by atoms with van der Waals surface area (Å²) in [4.78, 5) is 40.2. The van der Waals surface area contributed by atoms with Crippen molar-refractivity contribution in [3.05, 3.63) is 86.1 Å². The number of ether oxygens (including phenoxy) is 1. The molecule has 1 atom stereocenters. The van der Waals surface area contributed by atoms with Crippen LogP contribution in [0.3, 0.4) is 0 Å². The van der Waals surface area contributed by atoms with Gasteiger partial charge in [-0.25, -0.2) is 0 Å². The molecule has 1 fully saturated rings. The number of benzene rings is 2. The third-order valence-electron chi connectivity index (χ3n) is 6.21. The van der Waals surface area contributed by atoms with Gasteiger partial charge < -0.3 is 19.6 Å². The van der Waals surface area contributed by atoms with Crippen molar-refractivity contribution in [3.63, 3.8) is 0 Å². The van der Waals surface area contributed by atoms with Crippen LogP contribution in [0, 0.1) is 22.0 Å². The van der Waals surface area contributed by atoms with E-state index in [-0.39, 0.29) is 23.9 Å². The highest BCUT2D eigenvalue weighted by Gasteiger charge is 2.24. The van der Waals surface area contributed by atoms with Crippen molar-refractivity contribution in [2.45, 2.75) is 25.9 Å². The lowest BCUT2D eigenvalue weighted by Gasteiger charge is -2.35. The van der Waals surface area contributed by atoms with Crippen molar-refractivity contribution >= 4 is 34.6 Å². The Kier molecular flexibility index (Phi) is 8.61. The van der Waals surface area contributed by atoms with E-state index in [0.29, 0.717) is 43.4 Å². The van der Waals surface area contributed by atoms with Crippen molar-refractivity contribution in [2.24, 2.45) is 0 Å². The zero-order chi connectivity index (χ0) is 27.1. The summed E-state index contributed by atoms with van der Waals surface area (Å²) >= 11 is 1.39. The number of carbonyl (C=O) groups is 2. The number of anilines is 1. The van der Waals surface area contributed by atoms with E-state index < -0.39 is 10.9 Å². The third-order valence-corrected chi connectivity index (χ3v) is 7.25. The van der Waals surface area contributed by atoms with E-state index in [1.165, 1.54) is 17.4 Å². The number of nitrogens with zero attached hydrogens (tertiary/aromatic N) is 3. The lowest BCUT2D eigenvalue weighted by Crippen LogP contribution is -2.48. The number of thiophene rings is 1. The fourth-order valence-electron chi connectivity index (χ4n) is 4.25. The summed E-state index contributed by atoms with van der Waals surface area (Å²) in [6.07, 6.45) is -0.0587. The number of hydrogen-bond acceptors (Lipinski definition) is 7. The monoisotopic (exact) mass is 533 g/mol. The minimum atomic E-state index is -0.898. The van der Waals surface area contributed by atoms with Crippen molar-refractivity contribution in [1.82, 2.24) is 4.90 Å². The minimum Gasteiger partial charge on any atom is -0.488 e. The third kappa shape index (κ3) is 6.69. The smallest absolute Gasteiger partial charge is 0.304 e. The van der Waals surface area contributed by atoms with Crippen LogP contribution in [0.2, 0.25) is 0 Å². The predicted octanol–water partition coefficient (Wildman–Crippen LogP) is 4.78. The molecule has 4 rings (SSSR count). The topological polar surface area (TPSA) is 113 Å². The summed E-state index contributed by atoms with van der Waals surface area (Å²) in [6.45, 7) is 4.26. The summed E-state index contributed by atoms with van der Waals surface area (Å²) in [5.74, 6) is 5.06. The lowest BCUT2D eigenvalue weighted by atomic mass is 9.96. The van der Waals surface area contributed by atoms with Gasteiger partial charge in [0.15, 0.2) is 0 Å². The van der Waals surface area contributed by atoms with Crippen molar-refractivity contribution in [3.8, 4) is 17.6 Å². The second-order valence-electron chi connectivity index (χ2n) is 8.72. The Morgan fingerprint density at radius 3 is 2.50 bits per heavy atom. The molecule has 1 saturated heterocycles. The van der Waals surface area contributed by atoms with Gasteiger partial charge in [0.25, 0.3) is 11.6 Å². The van der Waals surface area contributed by atoms with E-state index in [1.54, 1.807) is 36.1 Å². The number of hydrogen-bond donors (Lipinski definition) is 1. The van der Waals surface area contributed by atoms with Crippen LogP contribution in [0.25, 0.3) is 0 Å². The summed E-state index contributed by atoms with van der Waals surface area (Å²) in [5, 5.41) is 20.2. The van der Waals surface area contributed by atoms with Crippen LogP contribution in [0.5, 0.6) is 5.75 Å². The molecule has 1 aliphatic rings. The maximum atomic E-state index is 13.0. The number of non-ortho nitro benzene ring substituents is 1. The zero-order valence-electron chi connectivity index (χ0n) is 20.8. The van der Waals surface area contributed by atoms with Crippen LogP contribution < -0.4 is 9.64 Å². The van der Waals surface area contributed by atoms with Gasteiger partial charge in [-0.1, -0.05) is 24.1 Å². The molecule has 196 valence electrons. The Labute approximate surface area is 224 Å². The predicted molar refractivity (Wildman–Crippen MR) is 145 cm³/mol. The average molecular weight is 534 g/mol. The fraction of sp³-hybridized carbons (Fsp3) is 0.286. The largest absolute Gasteiger partial charge is 0.488 e. The number of carboxylic acid groups (broad SMARTS) is 1. The number of rotatable bonds is 9. The van der Waals surface area contributed by atoms with Gasteiger partial charge in [0.05, 0.1) is 22.1 Å². The van der Waals surface area contributed by atoms with Crippen LogP contribution in [-0.4, -0.2) is 53.0 Å². The zero-order valence-corrected chi connectivity index (χ0v) is 21.6. The number of nitro benzene ring substituents is 1. The number of aliphatic carboxylic acids is 1. The molecule has 2 aromatic carbocycles. The maximum absolute atomic E-state index is 13.0. The molecule has 1 amide bonds. The molecule has 1 aliphatic heterocycles. The van der Waals surface area contributed by atoms with Gasteiger partial charge in [0.1, 0.15) is 12.4 Å². The van der Waals surface area contributed by atoms with E-state index in [2.05, 4.69) is 16.7 Å². The fourth-order valence-corrected chi connectivity index (χ4v) is 5.14. The van der Waals surface area contributed by atoms with Crippen LogP contribution in [0.1, 0.15) is 39.4 Å². The molecule has 10 heteroatoms. The first kappa shape index (κ1) is 26.7. The first-order valence-electron chi connectivity index (χ1n) is 12.1. The molecular weight excluding hydrogens is 506 g/mol. The summed E-state index contributed by atoms with van der Waals surface area (Å²) < 4.78 is 5.87. The van der Waals surface area contributed by atoms with Crippen LogP contribution in [-0.2, 0) is 11.4 Å². The number of piperazine rings is 1. The molecule has 0 aliphatic carbocycles. The van der Waals surface area contributed by atoms with E-state index in [1.807, 2.05) is 30.3 Å². The quantitative estimate of drug-likeness (QED) is 0.239. The van der Waals surface area contributed by atoms with E-state index >= 15 is 0 Å². The highest BCUT2D eigenvalue weighted by atomic mass is 32.1. The van der Waals surface area contributed by atoms with Crippen molar-refractivity contribution in [1.29, 1.82) is 0 Å². The molecule has 3 aromatic rings. The molecule has 1 N–H and O–H groups in total. The standard InChI is InChI=1S/C28H27N3O6S/c1-2-4-21(17-27(32)33)20-7-9-24(10-8-20)37-19-25-11-12-26(38-25)28(34)30-15-13-29(14-16-30)22-5-3-6-23(18-22)31(35)36/h3,5-12,18,21H,13-17,19H2,1H3,(H,32,33). The van der Waals surface area contributed by atoms with Crippen LogP contribution >= 0.6 is 11.3 Å². The van der Waals surface area contributed by atoms with Gasteiger partial charge in [-0.3, -0.25) is 19.7 Å². The van der Waals surface area contributed by atoms with Gasteiger partial charge in [-0.2, -0.15) is 0 Å². The minimum absolute atomic E-state index is 0.0363. The molecule has 2 heterocycles. The summed E-state index contributed by atoms with van der Waals surface area (Å²) in [5.41, 5.74) is 1.66. The van der Waals surface area contributed by atoms with E-state index in [9.17, 15) is 19.7 Å². The Morgan fingerprint density at radius 2 is 1.84 bits per heavy atom. The molecule has 0 saturated carbocycles. The number of nitro groups is 1. The van der Waals surface area contributed by atoms with Crippen molar-refractivity contribution < 1.29 is 24.4 Å². The van der Waals surface area contributed by atoms with Gasteiger partial charge in [-0.05, 0) is 42.8 Å². The number of amides is 1. The van der Waals surface area contributed by atoms with E-state index in [0.717, 1.165) is 16.1 Å². The Bertz CT molecular complexity index is 1370. The molecule has 1 aromatic heterocycles. The van der Waals surface area contributed by atoms with Gasteiger partial charge >= 0.3 is 5.97 Å².